The van der Waals surface area contributed by atoms with E-state index < -0.39 is 5.91 Å². The molecular weight excluding hydrogens is 554 g/mol. The van der Waals surface area contributed by atoms with Gasteiger partial charge in [0.2, 0.25) is 0 Å². The third kappa shape index (κ3) is 7.97. The molecule has 0 spiro atoms. The van der Waals surface area contributed by atoms with Crippen molar-refractivity contribution in [3.05, 3.63) is 75.8 Å². The van der Waals surface area contributed by atoms with Crippen LogP contribution in [0.15, 0.2) is 64.2 Å². The molecule has 0 saturated carbocycles. The minimum Gasteiger partial charge on any atom is -0.493 e. The largest absolute Gasteiger partial charge is 0.493 e. The quantitative estimate of drug-likeness (QED) is 0.220. The van der Waals surface area contributed by atoms with E-state index in [-0.39, 0.29) is 12.5 Å². The summed E-state index contributed by atoms with van der Waals surface area (Å²) in [5, 5.41) is 6.82. The Morgan fingerprint density at radius 2 is 1.68 bits per heavy atom. The summed E-state index contributed by atoms with van der Waals surface area (Å²) in [6, 6.07) is 15.8. The second-order valence-electron chi connectivity index (χ2n) is 8.15. The van der Waals surface area contributed by atoms with Crippen molar-refractivity contribution in [1.82, 2.24) is 5.43 Å². The van der Waals surface area contributed by atoms with Gasteiger partial charge >= 0.3 is 0 Å². The Bertz CT molecular complexity index is 1290. The van der Waals surface area contributed by atoms with Crippen LogP contribution >= 0.6 is 15.9 Å². The molecule has 10 heteroatoms. The molecule has 3 rings (SSSR count). The maximum atomic E-state index is 12.6. The fraction of sp³-hybridized carbons (Fsp3) is 0.250. The highest BCUT2D eigenvalue weighted by Gasteiger charge is 2.14. The molecule has 0 aromatic heterocycles. The van der Waals surface area contributed by atoms with Gasteiger partial charge in [-0.1, -0.05) is 24.6 Å². The van der Waals surface area contributed by atoms with Gasteiger partial charge in [0.25, 0.3) is 11.8 Å². The van der Waals surface area contributed by atoms with E-state index in [9.17, 15) is 9.59 Å². The van der Waals surface area contributed by atoms with Crippen molar-refractivity contribution < 1.29 is 28.5 Å². The lowest BCUT2D eigenvalue weighted by Gasteiger charge is -2.13. The minimum atomic E-state index is -0.410. The minimum absolute atomic E-state index is 0.210. The van der Waals surface area contributed by atoms with Gasteiger partial charge in [0.15, 0.2) is 29.6 Å². The Morgan fingerprint density at radius 1 is 0.947 bits per heavy atom. The Morgan fingerprint density at radius 3 is 2.37 bits per heavy atom. The second kappa shape index (κ2) is 14.0. The summed E-state index contributed by atoms with van der Waals surface area (Å²) in [5.41, 5.74) is 5.28. The fourth-order valence-corrected chi connectivity index (χ4v) is 3.87. The summed E-state index contributed by atoms with van der Waals surface area (Å²) < 4.78 is 22.6. The van der Waals surface area contributed by atoms with Gasteiger partial charge in [-0.05, 0) is 77.3 Å². The molecule has 9 nitrogen and oxygen atoms in total. The first-order valence-corrected chi connectivity index (χ1v) is 12.6. The Kier molecular flexibility index (Phi) is 10.5. The molecule has 0 aliphatic heterocycles. The van der Waals surface area contributed by atoms with Crippen molar-refractivity contribution in [3.63, 3.8) is 0 Å². The Labute approximate surface area is 230 Å². The van der Waals surface area contributed by atoms with Gasteiger partial charge in [-0.3, -0.25) is 9.59 Å². The molecule has 0 fully saturated rings. The Balaban J connectivity index is 1.62. The van der Waals surface area contributed by atoms with Crippen molar-refractivity contribution >= 4 is 39.6 Å². The van der Waals surface area contributed by atoms with Crippen LogP contribution in [0, 0.1) is 6.92 Å². The zero-order chi connectivity index (χ0) is 27.5. The number of hydrogen-bond donors (Lipinski definition) is 2. The van der Waals surface area contributed by atoms with E-state index in [0.717, 1.165) is 12.0 Å². The summed E-state index contributed by atoms with van der Waals surface area (Å²) in [6.45, 7) is 4.32. The summed E-state index contributed by atoms with van der Waals surface area (Å²) >= 11 is 3.45. The van der Waals surface area contributed by atoms with E-state index in [1.54, 1.807) is 30.3 Å². The van der Waals surface area contributed by atoms with Crippen LogP contribution in [0.5, 0.6) is 23.0 Å². The molecule has 0 bridgehead atoms. The Hall–Kier alpha value is -4.05. The highest BCUT2D eigenvalue weighted by Crippen LogP contribution is 2.36. The lowest BCUT2D eigenvalue weighted by molar-refractivity contribution is -0.118. The van der Waals surface area contributed by atoms with Crippen LogP contribution in [-0.4, -0.2) is 45.5 Å². The number of halogens is 1. The van der Waals surface area contributed by atoms with Crippen LogP contribution in [0.3, 0.4) is 0 Å². The number of rotatable bonds is 12. The average molecular weight is 584 g/mol. The maximum absolute atomic E-state index is 12.6. The summed E-state index contributed by atoms with van der Waals surface area (Å²) in [5.74, 6) is 1.07. The van der Waals surface area contributed by atoms with Crippen LogP contribution in [0.1, 0.15) is 34.8 Å². The number of benzene rings is 3. The summed E-state index contributed by atoms with van der Waals surface area (Å²) in [7, 11) is 3.01. The number of carbonyl (C=O) groups excluding carboxylic acids is 2. The average Bonchev–Trinajstić information content (AvgIpc) is 2.92. The fourth-order valence-electron chi connectivity index (χ4n) is 3.30. The van der Waals surface area contributed by atoms with Crippen molar-refractivity contribution in [3.8, 4) is 23.0 Å². The van der Waals surface area contributed by atoms with Crippen molar-refractivity contribution in [2.75, 3.05) is 32.8 Å². The first-order valence-electron chi connectivity index (χ1n) is 11.9. The molecule has 3 aromatic carbocycles. The highest BCUT2D eigenvalue weighted by molar-refractivity contribution is 9.10. The normalized spacial score (nSPS) is 10.7. The van der Waals surface area contributed by atoms with Gasteiger partial charge in [-0.2, -0.15) is 5.10 Å². The molecule has 0 heterocycles. The zero-order valence-electron chi connectivity index (χ0n) is 21.7. The monoisotopic (exact) mass is 583 g/mol. The third-order valence-corrected chi connectivity index (χ3v) is 5.79. The van der Waals surface area contributed by atoms with E-state index in [1.165, 1.54) is 20.4 Å². The molecule has 0 aliphatic carbocycles. The molecule has 0 saturated heterocycles. The van der Waals surface area contributed by atoms with E-state index in [1.807, 2.05) is 38.1 Å². The molecule has 0 atom stereocenters. The predicted molar refractivity (Wildman–Crippen MR) is 150 cm³/mol. The van der Waals surface area contributed by atoms with Crippen LogP contribution in [0.4, 0.5) is 5.69 Å². The lowest BCUT2D eigenvalue weighted by Crippen LogP contribution is -2.20. The summed E-state index contributed by atoms with van der Waals surface area (Å²) in [6.07, 6.45) is 2.33. The van der Waals surface area contributed by atoms with E-state index in [0.29, 0.717) is 50.9 Å². The second-order valence-corrected chi connectivity index (χ2v) is 9.00. The molecule has 200 valence electrons. The lowest BCUT2D eigenvalue weighted by atomic mass is 10.2. The molecule has 38 heavy (non-hydrogen) atoms. The number of anilines is 1. The number of hydrazone groups is 1. The van der Waals surface area contributed by atoms with E-state index in [4.69, 9.17) is 18.9 Å². The topological polar surface area (TPSA) is 107 Å². The van der Waals surface area contributed by atoms with Crippen molar-refractivity contribution in [2.45, 2.75) is 20.3 Å². The van der Waals surface area contributed by atoms with Gasteiger partial charge < -0.3 is 24.3 Å². The maximum Gasteiger partial charge on any atom is 0.271 e. The standard InChI is InChI=1S/C28H30BrN3O6/c1-5-12-37-23-11-8-20(15-24(23)35-3)28(34)32-30-16-19-13-22(29)27(25(14-19)36-4)38-17-26(33)31-21-9-6-18(2)7-10-21/h6-11,13-16H,5,12,17H2,1-4H3,(H,31,33)(H,32,34)/b30-16+. The number of amides is 2. The van der Waals surface area contributed by atoms with Gasteiger partial charge in [0.1, 0.15) is 0 Å². The van der Waals surface area contributed by atoms with E-state index >= 15 is 0 Å². The van der Waals surface area contributed by atoms with Gasteiger partial charge in [-0.15, -0.1) is 0 Å². The number of carbonyl (C=O) groups is 2. The molecule has 0 unspecified atom stereocenters. The van der Waals surface area contributed by atoms with Crippen LogP contribution in [0.25, 0.3) is 0 Å². The number of hydrogen-bond acceptors (Lipinski definition) is 7. The molecule has 3 aromatic rings. The third-order valence-electron chi connectivity index (χ3n) is 5.20. The van der Waals surface area contributed by atoms with Gasteiger partial charge in [-0.25, -0.2) is 5.43 Å². The molecule has 0 radical (unpaired) electrons. The number of aryl methyl sites for hydroxylation is 1. The van der Waals surface area contributed by atoms with Crippen molar-refractivity contribution in [1.29, 1.82) is 0 Å². The van der Waals surface area contributed by atoms with E-state index in [2.05, 4.69) is 31.8 Å². The smallest absolute Gasteiger partial charge is 0.271 e. The SMILES string of the molecule is CCCOc1ccc(C(=O)N/N=C/c2cc(Br)c(OCC(=O)Nc3ccc(C)cc3)c(OC)c2)cc1OC. The first-order chi connectivity index (χ1) is 18.3. The summed E-state index contributed by atoms with van der Waals surface area (Å²) in [4.78, 5) is 24.9. The van der Waals surface area contributed by atoms with Crippen LogP contribution in [0.2, 0.25) is 0 Å². The first kappa shape index (κ1) is 28.5. The van der Waals surface area contributed by atoms with Crippen LogP contribution < -0.4 is 29.7 Å². The molecule has 0 aliphatic rings. The van der Waals surface area contributed by atoms with Crippen molar-refractivity contribution in [2.24, 2.45) is 5.10 Å². The molecule has 2 amide bonds. The molecule has 2 N–H and O–H groups in total. The number of ether oxygens (including phenoxy) is 4. The van der Waals surface area contributed by atoms with Crippen LogP contribution in [-0.2, 0) is 4.79 Å². The predicted octanol–water partition coefficient (Wildman–Crippen LogP) is 5.34. The highest BCUT2D eigenvalue weighted by atomic mass is 79.9. The van der Waals surface area contributed by atoms with Gasteiger partial charge in [0.05, 0.1) is 31.5 Å². The number of methoxy groups -OCH3 is 2. The van der Waals surface area contributed by atoms with Gasteiger partial charge in [0, 0.05) is 11.3 Å². The molecular formula is C28H30BrN3O6. The number of nitrogens with zero attached hydrogens (tertiary/aromatic N) is 1. The number of nitrogens with one attached hydrogen (secondary N) is 2. The zero-order valence-corrected chi connectivity index (χ0v) is 23.3.